The topological polar surface area (TPSA) is 59.1 Å². The lowest BCUT2D eigenvalue weighted by atomic mass is 10.2. The van der Waals surface area contributed by atoms with Crippen LogP contribution in [0.25, 0.3) is 0 Å². The van der Waals surface area contributed by atoms with Gasteiger partial charge in [0.25, 0.3) is 0 Å². The van der Waals surface area contributed by atoms with Gasteiger partial charge in [-0.15, -0.1) is 11.6 Å². The number of pyridine rings is 1. The molecule has 1 aromatic heterocycles. The van der Waals surface area contributed by atoms with Gasteiger partial charge in [0, 0.05) is 12.1 Å². The van der Waals surface area contributed by atoms with Crippen LogP contribution in [-0.4, -0.2) is 25.0 Å². The average molecular weight is 249 g/mol. The standard InChI is InChI=1S/C9H13ClN2O2S/c1-7-3-5-11-8(2)9(7)12-15(13,14)6-4-10/h3,5,12H,4,6H2,1-2H3. The van der Waals surface area contributed by atoms with Gasteiger partial charge < -0.3 is 0 Å². The van der Waals surface area contributed by atoms with Gasteiger partial charge in [0.1, 0.15) is 0 Å². The van der Waals surface area contributed by atoms with Gasteiger partial charge in [0.15, 0.2) is 0 Å². The Balaban J connectivity index is 2.99. The van der Waals surface area contributed by atoms with Gasteiger partial charge in [0.2, 0.25) is 10.0 Å². The molecule has 0 fully saturated rings. The molecule has 4 nitrogen and oxygen atoms in total. The minimum Gasteiger partial charge on any atom is -0.281 e. The lowest BCUT2D eigenvalue weighted by molar-refractivity contribution is 0.602. The molecule has 6 heteroatoms. The monoisotopic (exact) mass is 248 g/mol. The van der Waals surface area contributed by atoms with Crippen molar-refractivity contribution in [2.45, 2.75) is 13.8 Å². The molecule has 0 aliphatic rings. The Morgan fingerprint density at radius 3 is 2.67 bits per heavy atom. The molecule has 0 aliphatic heterocycles. The summed E-state index contributed by atoms with van der Waals surface area (Å²) in [5.74, 6) is -0.0178. The molecule has 0 unspecified atom stereocenters. The predicted octanol–water partition coefficient (Wildman–Crippen LogP) is 1.68. The molecule has 84 valence electrons. The smallest absolute Gasteiger partial charge is 0.233 e. The van der Waals surface area contributed by atoms with Crippen LogP contribution in [0.15, 0.2) is 12.3 Å². The highest BCUT2D eigenvalue weighted by molar-refractivity contribution is 7.92. The number of anilines is 1. The highest BCUT2D eigenvalue weighted by Gasteiger charge is 2.12. The van der Waals surface area contributed by atoms with Crippen LogP contribution < -0.4 is 4.72 Å². The summed E-state index contributed by atoms with van der Waals surface area (Å²) < 4.78 is 25.4. The van der Waals surface area contributed by atoms with E-state index in [0.29, 0.717) is 11.4 Å². The van der Waals surface area contributed by atoms with Crippen molar-refractivity contribution in [1.29, 1.82) is 0 Å². The van der Waals surface area contributed by atoms with Crippen LogP contribution in [0, 0.1) is 13.8 Å². The quantitative estimate of drug-likeness (QED) is 0.825. The number of aromatic nitrogens is 1. The third kappa shape index (κ3) is 3.35. The molecule has 0 saturated carbocycles. The molecule has 0 aromatic carbocycles. The number of halogens is 1. The summed E-state index contributed by atoms with van der Waals surface area (Å²) in [6, 6.07) is 1.76. The molecule has 0 spiro atoms. The number of nitrogens with one attached hydrogen (secondary N) is 1. The first-order valence-corrected chi connectivity index (χ1v) is 6.63. The maximum absolute atomic E-state index is 11.5. The van der Waals surface area contributed by atoms with Gasteiger partial charge in [-0.2, -0.15) is 0 Å². The highest BCUT2D eigenvalue weighted by atomic mass is 35.5. The van der Waals surface area contributed by atoms with Gasteiger partial charge in [-0.3, -0.25) is 9.71 Å². The number of nitrogens with zero attached hydrogens (tertiary/aromatic N) is 1. The van der Waals surface area contributed by atoms with Crippen LogP contribution in [0.4, 0.5) is 5.69 Å². The van der Waals surface area contributed by atoms with Crippen LogP contribution in [0.2, 0.25) is 0 Å². The van der Waals surface area contributed by atoms with Crippen molar-refractivity contribution in [1.82, 2.24) is 4.98 Å². The third-order valence-electron chi connectivity index (χ3n) is 1.95. The van der Waals surface area contributed by atoms with Crippen molar-refractivity contribution < 1.29 is 8.42 Å². The fourth-order valence-corrected chi connectivity index (χ4v) is 2.69. The molecule has 1 N–H and O–H groups in total. The van der Waals surface area contributed by atoms with E-state index in [1.165, 1.54) is 0 Å². The zero-order chi connectivity index (χ0) is 11.5. The van der Waals surface area contributed by atoms with Crippen LogP contribution in [0.3, 0.4) is 0 Å². The third-order valence-corrected chi connectivity index (χ3v) is 3.62. The molecule has 15 heavy (non-hydrogen) atoms. The minimum absolute atomic E-state index is 0.0771. The van der Waals surface area contributed by atoms with Crippen LogP contribution >= 0.6 is 11.6 Å². The first kappa shape index (κ1) is 12.3. The molecule has 1 heterocycles. The van der Waals surface area contributed by atoms with Gasteiger partial charge in [-0.25, -0.2) is 8.42 Å². The van der Waals surface area contributed by atoms with Crippen molar-refractivity contribution >= 4 is 27.3 Å². The zero-order valence-electron chi connectivity index (χ0n) is 8.62. The summed E-state index contributed by atoms with van der Waals surface area (Å²) >= 11 is 5.40. The lowest BCUT2D eigenvalue weighted by Gasteiger charge is -2.11. The number of rotatable bonds is 4. The van der Waals surface area contributed by atoms with Crippen molar-refractivity contribution in [3.63, 3.8) is 0 Å². The summed E-state index contributed by atoms with van der Waals surface area (Å²) in [5, 5.41) is 0. The zero-order valence-corrected chi connectivity index (χ0v) is 10.2. The van der Waals surface area contributed by atoms with Gasteiger partial charge in [-0.1, -0.05) is 0 Å². The van der Waals surface area contributed by atoms with E-state index in [4.69, 9.17) is 11.6 Å². The number of aryl methyl sites for hydroxylation is 2. The molecule has 1 rings (SSSR count). The minimum atomic E-state index is -3.35. The largest absolute Gasteiger partial charge is 0.281 e. The van der Waals surface area contributed by atoms with Crippen molar-refractivity contribution in [3.05, 3.63) is 23.5 Å². The number of sulfonamides is 1. The Labute approximate surface area is 94.7 Å². The maximum Gasteiger partial charge on any atom is 0.233 e. The Bertz CT molecular complexity index is 425. The molecule has 0 aliphatic carbocycles. The average Bonchev–Trinajstić information content (AvgIpc) is 2.11. The van der Waals surface area contributed by atoms with Gasteiger partial charge >= 0.3 is 0 Å². The van der Waals surface area contributed by atoms with E-state index in [9.17, 15) is 8.42 Å². The molecule has 0 atom stereocenters. The number of hydrogen-bond acceptors (Lipinski definition) is 3. The van der Waals surface area contributed by atoms with Gasteiger partial charge in [-0.05, 0) is 25.5 Å². The van der Waals surface area contributed by atoms with E-state index >= 15 is 0 Å². The van der Waals surface area contributed by atoms with Gasteiger partial charge in [0.05, 0.1) is 17.1 Å². The molecule has 0 amide bonds. The van der Waals surface area contributed by atoms with Crippen molar-refractivity contribution in [2.24, 2.45) is 0 Å². The summed E-state index contributed by atoms with van der Waals surface area (Å²) in [7, 11) is -3.35. The van der Waals surface area contributed by atoms with E-state index < -0.39 is 10.0 Å². The molecular formula is C9H13ClN2O2S. The second-order valence-electron chi connectivity index (χ2n) is 3.20. The first-order chi connectivity index (χ1) is 6.96. The van der Waals surface area contributed by atoms with E-state index in [1.54, 1.807) is 19.2 Å². The predicted molar refractivity (Wildman–Crippen MR) is 61.8 cm³/mol. The maximum atomic E-state index is 11.5. The number of alkyl halides is 1. The Morgan fingerprint density at radius 2 is 2.13 bits per heavy atom. The summed E-state index contributed by atoms with van der Waals surface area (Å²) in [6.07, 6.45) is 1.64. The summed E-state index contributed by atoms with van der Waals surface area (Å²) in [4.78, 5) is 4.02. The Morgan fingerprint density at radius 1 is 1.47 bits per heavy atom. The summed E-state index contributed by atoms with van der Waals surface area (Å²) in [5.41, 5.74) is 2.05. The van der Waals surface area contributed by atoms with Crippen LogP contribution in [0.5, 0.6) is 0 Å². The van der Waals surface area contributed by atoms with E-state index in [-0.39, 0.29) is 11.6 Å². The first-order valence-electron chi connectivity index (χ1n) is 4.45. The molecule has 0 bridgehead atoms. The van der Waals surface area contributed by atoms with Crippen LogP contribution in [-0.2, 0) is 10.0 Å². The Kier molecular flexibility index (Phi) is 3.93. The van der Waals surface area contributed by atoms with E-state index in [2.05, 4.69) is 9.71 Å². The second-order valence-corrected chi connectivity index (χ2v) is 5.42. The highest BCUT2D eigenvalue weighted by Crippen LogP contribution is 2.18. The molecule has 1 aromatic rings. The lowest BCUT2D eigenvalue weighted by Crippen LogP contribution is -2.19. The van der Waals surface area contributed by atoms with Crippen LogP contribution in [0.1, 0.15) is 11.3 Å². The number of hydrogen-bond donors (Lipinski definition) is 1. The normalized spacial score (nSPS) is 11.4. The van der Waals surface area contributed by atoms with E-state index in [1.807, 2.05) is 6.92 Å². The molecule has 0 saturated heterocycles. The van der Waals surface area contributed by atoms with Crippen molar-refractivity contribution in [3.8, 4) is 0 Å². The molecular weight excluding hydrogens is 236 g/mol. The van der Waals surface area contributed by atoms with Crippen molar-refractivity contribution in [2.75, 3.05) is 16.4 Å². The second kappa shape index (κ2) is 4.81. The fourth-order valence-electron chi connectivity index (χ4n) is 1.16. The molecule has 0 radical (unpaired) electrons. The SMILES string of the molecule is Cc1ccnc(C)c1NS(=O)(=O)CCCl. The van der Waals surface area contributed by atoms with E-state index in [0.717, 1.165) is 5.56 Å². The summed E-state index contributed by atoms with van der Waals surface area (Å²) in [6.45, 7) is 3.58. The fraction of sp³-hybridized carbons (Fsp3) is 0.444. The Hall–Kier alpha value is -0.810.